The van der Waals surface area contributed by atoms with Crippen LogP contribution in [-0.4, -0.2) is 56.4 Å². The fourth-order valence-electron chi connectivity index (χ4n) is 5.40. The van der Waals surface area contributed by atoms with Gasteiger partial charge in [0.25, 0.3) is 11.5 Å². The maximum atomic E-state index is 13.7. The first-order valence-electron chi connectivity index (χ1n) is 10.8. The second-order valence-corrected chi connectivity index (χ2v) is 9.06. The molecule has 5 rings (SSSR count). The van der Waals surface area contributed by atoms with E-state index in [0.717, 1.165) is 37.4 Å². The van der Waals surface area contributed by atoms with Crippen LogP contribution in [0.15, 0.2) is 35.5 Å². The van der Waals surface area contributed by atoms with Crippen molar-refractivity contribution in [2.24, 2.45) is 5.92 Å². The molecule has 2 fully saturated rings. The van der Waals surface area contributed by atoms with E-state index in [-0.39, 0.29) is 18.5 Å². The lowest BCUT2D eigenvalue weighted by Crippen LogP contribution is -2.48. The van der Waals surface area contributed by atoms with Crippen LogP contribution in [0.25, 0.3) is 0 Å². The topological polar surface area (TPSA) is 54.3 Å². The van der Waals surface area contributed by atoms with E-state index in [2.05, 4.69) is 14.9 Å². The second-order valence-electron chi connectivity index (χ2n) is 9.06. The molecule has 3 aliphatic heterocycles. The van der Waals surface area contributed by atoms with Crippen molar-refractivity contribution in [1.82, 2.24) is 24.3 Å². The molecule has 8 heteroatoms. The molecule has 0 amide bonds. The van der Waals surface area contributed by atoms with Crippen LogP contribution in [0.2, 0.25) is 0 Å². The number of hydrogen-bond acceptors (Lipinski definition) is 5. The van der Waals surface area contributed by atoms with Gasteiger partial charge < -0.3 is 4.57 Å². The Kier molecular flexibility index (Phi) is 5.14. The molecule has 2 atom stereocenters. The molecule has 160 valence electrons. The third-order valence-corrected chi connectivity index (χ3v) is 6.63. The first-order chi connectivity index (χ1) is 14.5. The lowest BCUT2D eigenvalue weighted by molar-refractivity contribution is -0.0662. The van der Waals surface area contributed by atoms with E-state index in [1.54, 1.807) is 23.5 Å². The minimum atomic E-state index is -2.65. The van der Waals surface area contributed by atoms with E-state index in [9.17, 15) is 13.6 Å². The summed E-state index contributed by atoms with van der Waals surface area (Å²) >= 11 is 0. The van der Waals surface area contributed by atoms with Crippen molar-refractivity contribution in [2.45, 2.75) is 50.7 Å². The van der Waals surface area contributed by atoms with E-state index < -0.39 is 5.92 Å². The second kappa shape index (κ2) is 7.81. The lowest BCUT2D eigenvalue weighted by atomic mass is 9.83. The Hall–Kier alpha value is -2.19. The van der Waals surface area contributed by atoms with Gasteiger partial charge in [0.2, 0.25) is 0 Å². The van der Waals surface area contributed by atoms with Gasteiger partial charge in [0.1, 0.15) is 0 Å². The van der Waals surface area contributed by atoms with Gasteiger partial charge in [0.05, 0.1) is 12.2 Å². The van der Waals surface area contributed by atoms with Gasteiger partial charge >= 0.3 is 0 Å². The quantitative estimate of drug-likeness (QED) is 0.768. The summed E-state index contributed by atoms with van der Waals surface area (Å²) in [6, 6.07) is 3.91. The molecule has 0 aromatic carbocycles. The lowest BCUT2D eigenvalue weighted by Gasteiger charge is -2.43. The maximum Gasteiger partial charge on any atom is 0.260 e. The van der Waals surface area contributed by atoms with E-state index >= 15 is 0 Å². The van der Waals surface area contributed by atoms with Gasteiger partial charge in [-0.05, 0) is 31.4 Å². The van der Waals surface area contributed by atoms with Crippen molar-refractivity contribution in [2.75, 3.05) is 26.2 Å². The standard InChI is InChI=1S/C22H27F2N5O/c23-22(24)4-1-7-27(15-22)12-17-2-3-20-18-8-16(11-29(20)21(17)30)10-28(13-18)14-19-9-25-5-6-26-19/h2-3,5-6,9,16,18H,1,4,7-8,10-15H2/t16-,18+/m0/s1. The highest BCUT2D eigenvalue weighted by Crippen LogP contribution is 2.35. The third-order valence-electron chi connectivity index (χ3n) is 6.63. The van der Waals surface area contributed by atoms with Gasteiger partial charge in [-0.25, -0.2) is 8.78 Å². The van der Waals surface area contributed by atoms with E-state index in [1.807, 2.05) is 16.7 Å². The van der Waals surface area contributed by atoms with Crippen molar-refractivity contribution in [3.63, 3.8) is 0 Å². The number of rotatable bonds is 4. The summed E-state index contributed by atoms with van der Waals surface area (Å²) in [6.07, 6.45) is 6.72. The normalized spacial score (nSPS) is 26.3. The molecule has 0 aliphatic carbocycles. The molecule has 0 unspecified atom stereocenters. The fourth-order valence-corrected chi connectivity index (χ4v) is 5.40. The molecule has 0 N–H and O–H groups in total. The first-order valence-corrected chi connectivity index (χ1v) is 10.8. The Labute approximate surface area is 174 Å². The molecular formula is C22H27F2N5O. The van der Waals surface area contributed by atoms with E-state index in [4.69, 9.17) is 0 Å². The summed E-state index contributed by atoms with van der Waals surface area (Å²) in [5, 5.41) is 0. The molecule has 2 bridgehead atoms. The number of likely N-dealkylation sites (tertiary alicyclic amines) is 2. The number of aromatic nitrogens is 3. The summed E-state index contributed by atoms with van der Waals surface area (Å²) in [5.74, 6) is -1.91. The average Bonchev–Trinajstić information content (AvgIpc) is 2.70. The zero-order valence-electron chi connectivity index (χ0n) is 17.0. The third kappa shape index (κ3) is 4.03. The Morgan fingerprint density at radius 1 is 1.10 bits per heavy atom. The summed E-state index contributed by atoms with van der Waals surface area (Å²) in [6.45, 7) is 3.97. The van der Waals surface area contributed by atoms with Gasteiger partial charge in [0.15, 0.2) is 0 Å². The molecule has 0 radical (unpaired) electrons. The molecular weight excluding hydrogens is 388 g/mol. The van der Waals surface area contributed by atoms with Gasteiger partial charge in [-0.3, -0.25) is 24.6 Å². The summed E-state index contributed by atoms with van der Waals surface area (Å²) in [5.41, 5.74) is 2.67. The van der Waals surface area contributed by atoms with Gasteiger partial charge in [-0.2, -0.15) is 0 Å². The SMILES string of the molecule is O=c1c(CN2CCCC(F)(F)C2)ccc2n1C[C@H]1C[C@@H]2CN(Cc2cnccn2)C1. The van der Waals surface area contributed by atoms with Crippen LogP contribution < -0.4 is 5.56 Å². The summed E-state index contributed by atoms with van der Waals surface area (Å²) in [7, 11) is 0. The molecule has 2 aromatic heterocycles. The summed E-state index contributed by atoms with van der Waals surface area (Å²) in [4.78, 5) is 25.8. The highest BCUT2D eigenvalue weighted by Gasteiger charge is 2.37. The van der Waals surface area contributed by atoms with Crippen LogP contribution >= 0.6 is 0 Å². The van der Waals surface area contributed by atoms with Crippen molar-refractivity contribution in [1.29, 1.82) is 0 Å². The molecule has 5 heterocycles. The van der Waals surface area contributed by atoms with Crippen molar-refractivity contribution in [3.05, 3.63) is 58.0 Å². The molecule has 2 saturated heterocycles. The van der Waals surface area contributed by atoms with Crippen molar-refractivity contribution >= 4 is 0 Å². The molecule has 6 nitrogen and oxygen atoms in total. The van der Waals surface area contributed by atoms with Crippen LogP contribution in [0, 0.1) is 5.92 Å². The number of piperidine rings is 2. The molecule has 0 spiro atoms. The molecule has 3 aliphatic rings. The first kappa shape index (κ1) is 19.8. The van der Waals surface area contributed by atoms with E-state index in [0.29, 0.717) is 43.5 Å². The van der Waals surface area contributed by atoms with Crippen molar-refractivity contribution in [3.8, 4) is 0 Å². The predicted octanol–water partition coefficient (Wildman–Crippen LogP) is 2.49. The number of pyridine rings is 1. The number of halogens is 2. The van der Waals surface area contributed by atoms with Crippen LogP contribution in [0.1, 0.15) is 42.1 Å². The van der Waals surface area contributed by atoms with Crippen LogP contribution in [-0.2, 0) is 19.6 Å². The van der Waals surface area contributed by atoms with Gasteiger partial charge in [0, 0.05) is 74.9 Å². The monoisotopic (exact) mass is 415 g/mol. The molecule has 30 heavy (non-hydrogen) atoms. The smallest absolute Gasteiger partial charge is 0.260 e. The minimum absolute atomic E-state index is 0.00142. The maximum absolute atomic E-state index is 13.7. The molecule has 2 aromatic rings. The minimum Gasteiger partial charge on any atom is -0.312 e. The van der Waals surface area contributed by atoms with Gasteiger partial charge in [-0.15, -0.1) is 0 Å². The fraction of sp³-hybridized carbons (Fsp3) is 0.591. The predicted molar refractivity (Wildman–Crippen MR) is 108 cm³/mol. The van der Waals surface area contributed by atoms with E-state index in [1.165, 1.54) is 0 Å². The Bertz CT molecular complexity index is 964. The number of nitrogens with zero attached hydrogens (tertiary/aromatic N) is 5. The average molecular weight is 415 g/mol. The van der Waals surface area contributed by atoms with Crippen LogP contribution in [0.5, 0.6) is 0 Å². The highest BCUT2D eigenvalue weighted by molar-refractivity contribution is 5.22. The Balaban J connectivity index is 1.33. The summed E-state index contributed by atoms with van der Waals surface area (Å²) < 4.78 is 29.4. The Morgan fingerprint density at radius 2 is 2.00 bits per heavy atom. The number of fused-ring (bicyclic) bond motifs is 4. The number of hydrogen-bond donors (Lipinski definition) is 0. The molecule has 0 saturated carbocycles. The number of alkyl halides is 2. The van der Waals surface area contributed by atoms with Crippen molar-refractivity contribution < 1.29 is 8.78 Å². The Morgan fingerprint density at radius 3 is 2.80 bits per heavy atom. The van der Waals surface area contributed by atoms with Crippen LogP contribution in [0.4, 0.5) is 8.78 Å². The highest BCUT2D eigenvalue weighted by atomic mass is 19.3. The van der Waals surface area contributed by atoms with Crippen LogP contribution in [0.3, 0.4) is 0 Å². The zero-order valence-corrected chi connectivity index (χ0v) is 17.0. The van der Waals surface area contributed by atoms with Gasteiger partial charge in [-0.1, -0.05) is 6.07 Å². The largest absolute Gasteiger partial charge is 0.312 e. The zero-order chi connectivity index (χ0) is 20.7.